The minimum Gasteiger partial charge on any atom is -0.367 e. The van der Waals surface area contributed by atoms with Gasteiger partial charge in [-0.1, -0.05) is 6.58 Å². The van der Waals surface area contributed by atoms with Gasteiger partial charge in [0, 0.05) is 35.5 Å². The quantitative estimate of drug-likeness (QED) is 0.512. The Hall–Kier alpha value is -3.33. The van der Waals surface area contributed by atoms with Crippen molar-refractivity contribution in [1.29, 1.82) is 0 Å². The fourth-order valence-corrected chi connectivity index (χ4v) is 3.70. The predicted octanol–water partition coefficient (Wildman–Crippen LogP) is 1.49. The van der Waals surface area contributed by atoms with Gasteiger partial charge in [-0.2, -0.15) is 14.0 Å². The Morgan fingerprint density at radius 1 is 1.39 bits per heavy atom. The highest BCUT2D eigenvalue weighted by Gasteiger charge is 2.23. The number of thiazole rings is 1. The summed E-state index contributed by atoms with van der Waals surface area (Å²) in [7, 11) is 0. The first-order valence-corrected chi connectivity index (χ1v) is 9.55. The molecule has 0 unspecified atom stereocenters. The highest BCUT2D eigenvalue weighted by molar-refractivity contribution is 7.07. The lowest BCUT2D eigenvalue weighted by Gasteiger charge is -2.10. The van der Waals surface area contributed by atoms with Crippen molar-refractivity contribution in [3.05, 3.63) is 61.7 Å². The Balaban J connectivity index is 1.73. The number of aromatic nitrogens is 5. The summed E-state index contributed by atoms with van der Waals surface area (Å²) < 4.78 is 16.4. The number of halogens is 1. The molecule has 1 fully saturated rings. The van der Waals surface area contributed by atoms with Crippen LogP contribution in [-0.4, -0.2) is 30.6 Å². The maximum Gasteiger partial charge on any atom is 0.266 e. The molecule has 140 valence electrons. The second-order valence-electron chi connectivity index (χ2n) is 6.64. The van der Waals surface area contributed by atoms with E-state index in [4.69, 9.17) is 0 Å². The molecule has 1 saturated carbocycles. The van der Waals surface area contributed by atoms with Gasteiger partial charge in [0.05, 0.1) is 21.1 Å². The van der Waals surface area contributed by atoms with Crippen molar-refractivity contribution in [3.8, 4) is 11.3 Å². The Morgan fingerprint density at radius 3 is 2.96 bits per heavy atom. The number of hydrogen-bond acceptors (Lipinski definition) is 6. The molecular weight excluding hydrogens is 379 g/mol. The second kappa shape index (κ2) is 6.38. The Bertz CT molecular complexity index is 1370. The summed E-state index contributed by atoms with van der Waals surface area (Å²) >= 11 is 1.28. The van der Waals surface area contributed by atoms with Crippen molar-refractivity contribution in [3.63, 3.8) is 0 Å². The molecule has 1 aliphatic carbocycles. The van der Waals surface area contributed by atoms with Crippen LogP contribution in [0.2, 0.25) is 0 Å². The fourth-order valence-electron chi connectivity index (χ4n) is 2.96. The maximum atomic E-state index is 13.6. The van der Waals surface area contributed by atoms with Gasteiger partial charge < -0.3 is 10.3 Å². The summed E-state index contributed by atoms with van der Waals surface area (Å²) in [5, 5.41) is 7.87. The van der Waals surface area contributed by atoms with Crippen LogP contribution >= 0.6 is 11.3 Å². The number of rotatable bonds is 4. The molecule has 2 N–H and O–H groups in total. The van der Waals surface area contributed by atoms with E-state index in [1.807, 2.05) is 6.07 Å². The molecule has 0 radical (unpaired) electrons. The van der Waals surface area contributed by atoms with Gasteiger partial charge in [0.2, 0.25) is 5.95 Å². The summed E-state index contributed by atoms with van der Waals surface area (Å²) in [5.74, 6) is 0.210. The van der Waals surface area contributed by atoms with Gasteiger partial charge in [0.1, 0.15) is 5.82 Å². The number of aromatic amines is 1. The molecule has 0 atom stereocenters. The minimum atomic E-state index is -0.565. The van der Waals surface area contributed by atoms with Crippen molar-refractivity contribution in [2.24, 2.45) is 0 Å². The van der Waals surface area contributed by atoms with E-state index in [1.54, 1.807) is 22.9 Å². The largest absolute Gasteiger partial charge is 0.367 e. The number of anilines is 1. The molecule has 0 amide bonds. The van der Waals surface area contributed by atoms with Gasteiger partial charge in [-0.15, -0.1) is 11.3 Å². The van der Waals surface area contributed by atoms with Crippen LogP contribution in [0.5, 0.6) is 0 Å². The number of fused-ring (bicyclic) bond motifs is 1. The lowest BCUT2D eigenvalue weighted by Crippen LogP contribution is -2.19. The fraction of sp³-hybridized carbons (Fsp3) is 0.158. The van der Waals surface area contributed by atoms with Crippen LogP contribution in [0.1, 0.15) is 18.4 Å². The molecular formula is C19H15FN6OS. The molecule has 0 aliphatic heterocycles. The standard InChI is InChI=1S/C19H15FN6OS/c1-10-23-19(27)15(28-10)6-12-9-22-26-17(24-13-2-3-13)8-14(25-18(12)26)11-4-5-21-16(20)7-11/h4-9,13,24H,1-3H2,(H,23,27)/b15-6-. The maximum absolute atomic E-state index is 13.6. The average molecular weight is 394 g/mol. The first-order valence-electron chi connectivity index (χ1n) is 8.74. The van der Waals surface area contributed by atoms with Crippen LogP contribution in [0.15, 0.2) is 35.4 Å². The SMILES string of the molecule is C=c1[nH]c(=O)/c(=C/c2cnn3c(NC4CC4)cc(-c4ccnc(F)c4)nc23)s1. The van der Waals surface area contributed by atoms with Gasteiger partial charge in [0.25, 0.3) is 5.56 Å². The molecule has 4 heterocycles. The molecule has 4 aromatic heterocycles. The molecule has 4 aromatic rings. The highest BCUT2D eigenvalue weighted by atomic mass is 32.1. The Kier molecular flexibility index (Phi) is 3.83. The summed E-state index contributed by atoms with van der Waals surface area (Å²) in [4.78, 5) is 23.0. The topological polar surface area (TPSA) is 88.0 Å². The third-order valence-electron chi connectivity index (χ3n) is 4.45. The average Bonchev–Trinajstić information content (AvgIpc) is 3.30. The number of pyridine rings is 1. The Morgan fingerprint density at radius 2 is 2.25 bits per heavy atom. The summed E-state index contributed by atoms with van der Waals surface area (Å²) in [5.41, 5.74) is 2.30. The van der Waals surface area contributed by atoms with Crippen LogP contribution in [0, 0.1) is 5.95 Å². The van der Waals surface area contributed by atoms with Crippen molar-refractivity contribution in [2.45, 2.75) is 18.9 Å². The molecule has 7 nitrogen and oxygen atoms in total. The first kappa shape index (κ1) is 16.8. The van der Waals surface area contributed by atoms with Gasteiger partial charge in [-0.25, -0.2) is 9.97 Å². The van der Waals surface area contributed by atoms with Crippen molar-refractivity contribution >= 4 is 35.5 Å². The molecule has 0 saturated heterocycles. The number of nitrogens with one attached hydrogen (secondary N) is 2. The van der Waals surface area contributed by atoms with E-state index in [2.05, 4.69) is 31.9 Å². The van der Waals surface area contributed by atoms with E-state index in [1.165, 1.54) is 23.6 Å². The summed E-state index contributed by atoms with van der Waals surface area (Å²) in [6, 6.07) is 5.31. The van der Waals surface area contributed by atoms with E-state index in [0.717, 1.165) is 18.7 Å². The zero-order chi connectivity index (χ0) is 19.3. The number of H-pyrrole nitrogens is 1. The van der Waals surface area contributed by atoms with E-state index in [9.17, 15) is 9.18 Å². The van der Waals surface area contributed by atoms with Crippen molar-refractivity contribution < 1.29 is 4.39 Å². The van der Waals surface area contributed by atoms with Crippen LogP contribution in [-0.2, 0) is 0 Å². The molecule has 28 heavy (non-hydrogen) atoms. The number of hydrogen-bond donors (Lipinski definition) is 2. The highest BCUT2D eigenvalue weighted by Crippen LogP contribution is 2.28. The second-order valence-corrected chi connectivity index (χ2v) is 7.77. The van der Waals surface area contributed by atoms with Crippen LogP contribution < -0.4 is 20.1 Å². The monoisotopic (exact) mass is 394 g/mol. The van der Waals surface area contributed by atoms with Crippen LogP contribution in [0.25, 0.3) is 29.6 Å². The summed E-state index contributed by atoms with van der Waals surface area (Å²) in [6.45, 7) is 3.76. The molecule has 0 bridgehead atoms. The van der Waals surface area contributed by atoms with Crippen molar-refractivity contribution in [1.82, 2.24) is 24.6 Å². The van der Waals surface area contributed by atoms with Crippen LogP contribution in [0.3, 0.4) is 0 Å². The van der Waals surface area contributed by atoms with Gasteiger partial charge in [-0.05, 0) is 25.0 Å². The van der Waals surface area contributed by atoms with Crippen LogP contribution in [0.4, 0.5) is 10.2 Å². The molecule has 5 rings (SSSR count). The van der Waals surface area contributed by atoms with E-state index >= 15 is 0 Å². The van der Waals surface area contributed by atoms with Crippen molar-refractivity contribution in [2.75, 3.05) is 5.32 Å². The third kappa shape index (κ3) is 3.09. The molecule has 0 aromatic carbocycles. The third-order valence-corrected chi connectivity index (χ3v) is 5.32. The van der Waals surface area contributed by atoms with Gasteiger partial charge >= 0.3 is 0 Å². The summed E-state index contributed by atoms with van der Waals surface area (Å²) in [6.07, 6.45) is 7.01. The molecule has 1 aliphatic rings. The molecule has 9 heteroatoms. The van der Waals surface area contributed by atoms with Gasteiger partial charge in [-0.3, -0.25) is 4.79 Å². The van der Waals surface area contributed by atoms with Gasteiger partial charge in [0.15, 0.2) is 5.65 Å². The minimum absolute atomic E-state index is 0.196. The smallest absolute Gasteiger partial charge is 0.266 e. The lowest BCUT2D eigenvalue weighted by molar-refractivity contribution is 0.584. The molecule has 0 spiro atoms. The Labute approximate surface area is 161 Å². The van der Waals surface area contributed by atoms with E-state index in [0.29, 0.717) is 37.7 Å². The van der Waals surface area contributed by atoms with E-state index in [-0.39, 0.29) is 5.56 Å². The zero-order valence-corrected chi connectivity index (χ0v) is 15.5. The first-order chi connectivity index (χ1) is 13.6. The normalized spacial score (nSPS) is 14.7. The zero-order valence-electron chi connectivity index (χ0n) is 14.6. The number of nitrogens with zero attached hydrogens (tertiary/aromatic N) is 4. The lowest BCUT2D eigenvalue weighted by atomic mass is 10.2. The predicted molar refractivity (Wildman–Crippen MR) is 106 cm³/mol. The van der Waals surface area contributed by atoms with E-state index < -0.39 is 5.95 Å².